The van der Waals surface area contributed by atoms with Crippen molar-refractivity contribution < 1.29 is 0 Å². The predicted octanol–water partition coefficient (Wildman–Crippen LogP) is 2.88. The van der Waals surface area contributed by atoms with Gasteiger partial charge >= 0.3 is 6.04 Å². The molecule has 28 heavy (non-hydrogen) atoms. The number of nitrogens with zero attached hydrogens (tertiary/aromatic N) is 6. The van der Waals surface area contributed by atoms with Crippen molar-refractivity contribution in [3.05, 3.63) is 11.4 Å². The first kappa shape index (κ1) is 21.1. The molecule has 0 radical (unpaired) electrons. The van der Waals surface area contributed by atoms with E-state index in [1.807, 2.05) is 0 Å². The fourth-order valence-electron chi connectivity index (χ4n) is 4.84. The van der Waals surface area contributed by atoms with Crippen molar-refractivity contribution in [3.8, 4) is 6.07 Å². The highest BCUT2D eigenvalue weighted by Gasteiger charge is 2.30. The first-order valence-corrected chi connectivity index (χ1v) is 11.3. The number of rotatable bonds is 6. The standard InChI is InChI=1S/C22H36N6/c1-24-21(18-23)22(25-10-17-26-11-4-2-5-12-26)28-15-8-20(9-16-28)19-27-13-6-3-7-14-27/h20-21H,2-17,19H2. The van der Waals surface area contributed by atoms with Crippen molar-refractivity contribution >= 4 is 5.84 Å². The molecule has 3 heterocycles. The van der Waals surface area contributed by atoms with E-state index in [0.717, 1.165) is 57.3 Å². The molecular formula is C22H36N6. The van der Waals surface area contributed by atoms with Crippen LogP contribution in [-0.4, -0.2) is 85.5 Å². The van der Waals surface area contributed by atoms with Gasteiger partial charge in [0.1, 0.15) is 0 Å². The average molecular weight is 385 g/mol. The summed E-state index contributed by atoms with van der Waals surface area (Å²) in [5.41, 5.74) is 0. The summed E-state index contributed by atoms with van der Waals surface area (Å²) in [4.78, 5) is 15.7. The average Bonchev–Trinajstić information content (AvgIpc) is 2.75. The van der Waals surface area contributed by atoms with E-state index in [1.54, 1.807) is 0 Å². The number of hydrogen-bond acceptors (Lipinski definition) is 4. The molecule has 6 heteroatoms. The van der Waals surface area contributed by atoms with Crippen molar-refractivity contribution in [2.24, 2.45) is 10.9 Å². The third-order valence-corrected chi connectivity index (χ3v) is 6.54. The summed E-state index contributed by atoms with van der Waals surface area (Å²) in [5.74, 6) is 1.48. The molecule has 6 nitrogen and oxygen atoms in total. The van der Waals surface area contributed by atoms with Crippen molar-refractivity contribution in [3.63, 3.8) is 0 Å². The number of piperidine rings is 3. The van der Waals surface area contributed by atoms with Gasteiger partial charge in [-0.15, -0.1) is 0 Å². The summed E-state index contributed by atoms with van der Waals surface area (Å²) in [6, 6.07) is 1.42. The maximum atomic E-state index is 9.46. The van der Waals surface area contributed by atoms with Gasteiger partial charge in [0.05, 0.1) is 6.54 Å². The van der Waals surface area contributed by atoms with Crippen LogP contribution in [0.1, 0.15) is 51.4 Å². The smallest absolute Gasteiger partial charge is 0.353 e. The lowest BCUT2D eigenvalue weighted by Gasteiger charge is -2.37. The Morgan fingerprint density at radius 2 is 1.57 bits per heavy atom. The molecule has 0 aromatic carbocycles. The molecule has 0 amide bonds. The largest absolute Gasteiger partial charge is 0.363 e. The van der Waals surface area contributed by atoms with Gasteiger partial charge in [-0.3, -0.25) is 9.84 Å². The lowest BCUT2D eigenvalue weighted by atomic mass is 9.95. The minimum Gasteiger partial charge on any atom is -0.353 e. The van der Waals surface area contributed by atoms with Crippen LogP contribution in [0.4, 0.5) is 0 Å². The molecule has 0 aromatic rings. The first-order valence-electron chi connectivity index (χ1n) is 11.3. The van der Waals surface area contributed by atoms with E-state index in [9.17, 15) is 5.26 Å². The lowest BCUT2D eigenvalue weighted by Crippen LogP contribution is -2.45. The molecule has 0 N–H and O–H groups in total. The van der Waals surface area contributed by atoms with E-state index in [4.69, 9.17) is 11.6 Å². The van der Waals surface area contributed by atoms with Gasteiger partial charge in [0, 0.05) is 26.2 Å². The van der Waals surface area contributed by atoms with Crippen LogP contribution >= 0.6 is 0 Å². The van der Waals surface area contributed by atoms with Gasteiger partial charge in [-0.05, 0) is 70.6 Å². The van der Waals surface area contributed by atoms with E-state index in [1.165, 1.54) is 58.2 Å². The summed E-state index contributed by atoms with van der Waals surface area (Å²) < 4.78 is 0. The molecule has 3 aliphatic rings. The number of aliphatic imine (C=N–C) groups is 1. The highest BCUT2D eigenvalue weighted by atomic mass is 15.2. The van der Waals surface area contributed by atoms with E-state index >= 15 is 0 Å². The van der Waals surface area contributed by atoms with Crippen LogP contribution in [0.15, 0.2) is 4.99 Å². The summed E-state index contributed by atoms with van der Waals surface area (Å²) in [7, 11) is 0. The molecule has 0 spiro atoms. The summed E-state index contributed by atoms with van der Waals surface area (Å²) in [5, 5.41) is 9.46. The van der Waals surface area contributed by atoms with Crippen LogP contribution in [0, 0.1) is 23.8 Å². The second kappa shape index (κ2) is 11.4. The molecule has 0 aliphatic carbocycles. The summed E-state index contributed by atoms with van der Waals surface area (Å²) in [6.07, 6.45) is 10.3. The summed E-state index contributed by atoms with van der Waals surface area (Å²) >= 11 is 0. The normalized spacial score (nSPS) is 24.5. The summed E-state index contributed by atoms with van der Waals surface area (Å²) in [6.45, 7) is 17.0. The molecule has 1 atom stereocenters. The molecule has 0 bridgehead atoms. The van der Waals surface area contributed by atoms with Crippen LogP contribution < -0.4 is 0 Å². The maximum absolute atomic E-state index is 9.46. The van der Waals surface area contributed by atoms with Gasteiger partial charge in [-0.25, -0.2) is 6.57 Å². The van der Waals surface area contributed by atoms with Gasteiger partial charge < -0.3 is 14.7 Å². The van der Waals surface area contributed by atoms with Crippen molar-refractivity contribution in [2.45, 2.75) is 57.4 Å². The Labute approximate surface area is 171 Å². The molecular weight excluding hydrogens is 348 g/mol. The Morgan fingerprint density at radius 3 is 2.14 bits per heavy atom. The number of likely N-dealkylation sites (tertiary alicyclic amines) is 3. The number of hydrogen-bond donors (Lipinski definition) is 0. The SMILES string of the molecule is [C-]#[N+]C(C#N)C(=NCCN1CCCCC1)N1CCC(CN2CCCCC2)CC1. The Kier molecular flexibility index (Phi) is 8.58. The Morgan fingerprint density at radius 1 is 0.964 bits per heavy atom. The fourth-order valence-corrected chi connectivity index (χ4v) is 4.84. The molecule has 1 unspecified atom stereocenters. The number of nitriles is 1. The first-order chi connectivity index (χ1) is 13.8. The van der Waals surface area contributed by atoms with E-state index in [0.29, 0.717) is 6.54 Å². The topological polar surface area (TPSA) is 50.2 Å². The predicted molar refractivity (Wildman–Crippen MR) is 113 cm³/mol. The lowest BCUT2D eigenvalue weighted by molar-refractivity contribution is 0.158. The van der Waals surface area contributed by atoms with Crippen LogP contribution in [0.3, 0.4) is 0 Å². The van der Waals surface area contributed by atoms with Crippen LogP contribution in [0.5, 0.6) is 0 Å². The quantitative estimate of drug-likeness (QED) is 0.401. The Bertz CT molecular complexity index is 555. The van der Waals surface area contributed by atoms with Crippen molar-refractivity contribution in [2.75, 3.05) is 58.9 Å². The van der Waals surface area contributed by atoms with E-state index in [-0.39, 0.29) is 0 Å². The molecule has 3 aliphatic heterocycles. The van der Waals surface area contributed by atoms with Crippen LogP contribution in [0.2, 0.25) is 0 Å². The fraction of sp³-hybridized carbons (Fsp3) is 0.864. The highest BCUT2D eigenvalue weighted by Crippen LogP contribution is 2.22. The van der Waals surface area contributed by atoms with E-state index < -0.39 is 6.04 Å². The zero-order valence-electron chi connectivity index (χ0n) is 17.4. The van der Waals surface area contributed by atoms with E-state index in [2.05, 4.69) is 25.6 Å². The molecule has 3 rings (SSSR count). The Balaban J connectivity index is 1.51. The monoisotopic (exact) mass is 384 g/mol. The zero-order valence-corrected chi connectivity index (χ0v) is 17.4. The minimum atomic E-state index is -0.750. The van der Waals surface area contributed by atoms with Crippen LogP contribution in [0.25, 0.3) is 4.85 Å². The van der Waals surface area contributed by atoms with Crippen LogP contribution in [-0.2, 0) is 0 Å². The molecule has 3 fully saturated rings. The molecule has 3 saturated heterocycles. The maximum Gasteiger partial charge on any atom is 0.363 e. The molecule has 154 valence electrons. The van der Waals surface area contributed by atoms with Crippen molar-refractivity contribution in [1.82, 2.24) is 14.7 Å². The third-order valence-electron chi connectivity index (χ3n) is 6.54. The van der Waals surface area contributed by atoms with Gasteiger partial charge in [-0.2, -0.15) is 5.26 Å². The number of amidine groups is 1. The van der Waals surface area contributed by atoms with Gasteiger partial charge in [-0.1, -0.05) is 12.8 Å². The highest BCUT2D eigenvalue weighted by molar-refractivity contribution is 5.91. The molecule has 0 saturated carbocycles. The van der Waals surface area contributed by atoms with Crippen molar-refractivity contribution in [1.29, 1.82) is 5.26 Å². The zero-order chi connectivity index (χ0) is 19.6. The molecule has 0 aromatic heterocycles. The minimum absolute atomic E-state index is 0.705. The second-order valence-electron chi connectivity index (χ2n) is 8.59. The second-order valence-corrected chi connectivity index (χ2v) is 8.59. The third kappa shape index (κ3) is 6.19. The Hall–Kier alpha value is -1.63. The van der Waals surface area contributed by atoms with Gasteiger partial charge in [0.15, 0.2) is 11.9 Å². The van der Waals surface area contributed by atoms with Gasteiger partial charge in [0.25, 0.3) is 0 Å². The van der Waals surface area contributed by atoms with Gasteiger partial charge in [0.2, 0.25) is 0 Å².